The highest BCUT2D eigenvalue weighted by atomic mass is 32.2. The van der Waals surface area contributed by atoms with Gasteiger partial charge in [-0.2, -0.15) is 5.26 Å². The van der Waals surface area contributed by atoms with Gasteiger partial charge in [0.15, 0.2) is 0 Å². The maximum absolute atomic E-state index is 12.1. The molecule has 0 heterocycles. The molecule has 1 rings (SSSR count). The fourth-order valence-electron chi connectivity index (χ4n) is 1.78. The van der Waals surface area contributed by atoms with Crippen molar-refractivity contribution in [3.63, 3.8) is 0 Å². The molecule has 0 radical (unpaired) electrons. The van der Waals surface area contributed by atoms with Gasteiger partial charge in [0.05, 0.1) is 17.4 Å². The fourth-order valence-corrected chi connectivity index (χ4v) is 3.34. The van der Waals surface area contributed by atoms with E-state index in [4.69, 9.17) is 10.4 Å². The molecule has 0 fully saturated rings. The van der Waals surface area contributed by atoms with Crippen LogP contribution in [0.3, 0.4) is 0 Å². The molecule has 21 heavy (non-hydrogen) atoms. The summed E-state index contributed by atoms with van der Waals surface area (Å²) in [5.74, 6) is -1.67. The Morgan fingerprint density at radius 3 is 2.43 bits per heavy atom. The smallest absolute Gasteiger partial charge is 0.322 e. The number of nitriles is 1. The molecule has 0 spiro atoms. The largest absolute Gasteiger partial charge is 0.480 e. The van der Waals surface area contributed by atoms with Gasteiger partial charge in [0, 0.05) is 0 Å². The molecular weight excluding hydrogens is 292 g/mol. The molecule has 1 aromatic rings. The van der Waals surface area contributed by atoms with Gasteiger partial charge in [0.25, 0.3) is 0 Å². The molecular formula is C14H18N2O4S. The van der Waals surface area contributed by atoms with Crippen molar-refractivity contribution in [1.82, 2.24) is 4.72 Å². The van der Waals surface area contributed by atoms with Gasteiger partial charge in [-0.25, -0.2) is 13.1 Å². The van der Waals surface area contributed by atoms with E-state index in [1.165, 1.54) is 12.1 Å². The molecule has 7 heteroatoms. The van der Waals surface area contributed by atoms with Crippen LogP contribution in [0.25, 0.3) is 0 Å². The first-order valence-corrected chi connectivity index (χ1v) is 7.93. The molecule has 1 atom stereocenters. The predicted octanol–water partition coefficient (Wildman–Crippen LogP) is 1.48. The number of sulfonamides is 1. The normalized spacial score (nSPS) is 13.4. The van der Waals surface area contributed by atoms with E-state index in [2.05, 4.69) is 4.72 Å². The Morgan fingerprint density at radius 1 is 1.38 bits per heavy atom. The number of carboxylic acids is 1. The topological polar surface area (TPSA) is 107 Å². The van der Waals surface area contributed by atoms with Crippen LogP contribution in [0.1, 0.15) is 31.9 Å². The van der Waals surface area contributed by atoms with Crippen LogP contribution in [0.15, 0.2) is 24.3 Å². The molecule has 0 aliphatic carbocycles. The lowest BCUT2D eigenvalue weighted by Gasteiger charge is -2.27. The standard InChI is InChI=1S/C14H18N2O4S/c1-14(2,3)12(13(17)18)16-21(19,20)9-11-7-5-4-6-10(11)8-15/h4-7,12,16H,9H2,1-3H3,(H,17,18)/t12-/m1/s1. The van der Waals surface area contributed by atoms with Crippen molar-refractivity contribution >= 4 is 16.0 Å². The number of hydrogen-bond donors (Lipinski definition) is 2. The second kappa shape index (κ2) is 6.24. The van der Waals surface area contributed by atoms with E-state index in [9.17, 15) is 13.2 Å². The highest BCUT2D eigenvalue weighted by Gasteiger charge is 2.34. The number of carboxylic acid groups (broad SMARTS) is 1. The van der Waals surface area contributed by atoms with Gasteiger partial charge in [-0.05, 0) is 17.0 Å². The highest BCUT2D eigenvalue weighted by molar-refractivity contribution is 7.88. The Balaban J connectivity index is 3.02. The van der Waals surface area contributed by atoms with E-state index in [1.807, 2.05) is 6.07 Å². The Labute approximate surface area is 124 Å². The molecule has 0 unspecified atom stereocenters. The molecule has 0 saturated carbocycles. The van der Waals surface area contributed by atoms with E-state index in [-0.39, 0.29) is 5.56 Å². The SMILES string of the molecule is CC(C)(C)[C@H](NS(=O)(=O)Cc1ccccc1C#N)C(=O)O. The first-order valence-electron chi connectivity index (χ1n) is 6.27. The maximum atomic E-state index is 12.1. The van der Waals surface area contributed by atoms with E-state index >= 15 is 0 Å². The number of nitrogens with zero attached hydrogens (tertiary/aromatic N) is 1. The number of carbonyl (C=O) groups is 1. The zero-order valence-electron chi connectivity index (χ0n) is 12.1. The number of hydrogen-bond acceptors (Lipinski definition) is 4. The molecule has 0 bridgehead atoms. The third kappa shape index (κ3) is 4.85. The summed E-state index contributed by atoms with van der Waals surface area (Å²) in [6, 6.07) is 6.99. The monoisotopic (exact) mass is 310 g/mol. The molecule has 0 aromatic heterocycles. The van der Waals surface area contributed by atoms with Gasteiger partial charge >= 0.3 is 5.97 Å². The third-order valence-electron chi connectivity index (χ3n) is 2.89. The van der Waals surface area contributed by atoms with E-state index in [0.29, 0.717) is 5.56 Å². The second-order valence-corrected chi connectivity index (χ2v) is 7.54. The van der Waals surface area contributed by atoms with Crippen LogP contribution < -0.4 is 4.72 Å². The molecule has 6 nitrogen and oxygen atoms in total. The number of benzene rings is 1. The first-order chi connectivity index (χ1) is 9.57. The summed E-state index contributed by atoms with van der Waals surface area (Å²) in [5.41, 5.74) is -0.177. The third-order valence-corrected chi connectivity index (χ3v) is 4.18. The minimum atomic E-state index is -3.88. The van der Waals surface area contributed by atoms with Crippen LogP contribution in [0.2, 0.25) is 0 Å². The zero-order valence-corrected chi connectivity index (χ0v) is 12.9. The Bertz CT molecular complexity index is 669. The molecule has 114 valence electrons. The molecule has 0 saturated heterocycles. The molecule has 0 aliphatic heterocycles. The van der Waals surface area contributed by atoms with Crippen molar-refractivity contribution in [2.75, 3.05) is 0 Å². The Hall–Kier alpha value is -1.91. The lowest BCUT2D eigenvalue weighted by molar-refractivity contribution is -0.141. The predicted molar refractivity (Wildman–Crippen MR) is 77.8 cm³/mol. The van der Waals surface area contributed by atoms with Crippen molar-refractivity contribution in [2.24, 2.45) is 5.41 Å². The minimum Gasteiger partial charge on any atom is -0.480 e. The van der Waals surface area contributed by atoms with Crippen LogP contribution >= 0.6 is 0 Å². The minimum absolute atomic E-state index is 0.255. The second-order valence-electron chi connectivity index (χ2n) is 5.78. The highest BCUT2D eigenvalue weighted by Crippen LogP contribution is 2.21. The summed E-state index contributed by atoms with van der Waals surface area (Å²) in [5, 5.41) is 18.1. The summed E-state index contributed by atoms with van der Waals surface area (Å²) in [7, 11) is -3.88. The van der Waals surface area contributed by atoms with Gasteiger partial charge in [-0.15, -0.1) is 0 Å². The average Bonchev–Trinajstić information content (AvgIpc) is 2.34. The van der Waals surface area contributed by atoms with Crippen LogP contribution in [0.5, 0.6) is 0 Å². The first kappa shape index (κ1) is 17.1. The summed E-state index contributed by atoms with van der Waals surface area (Å²) in [6.07, 6.45) is 0. The van der Waals surface area contributed by atoms with Crippen LogP contribution in [-0.4, -0.2) is 25.5 Å². The van der Waals surface area contributed by atoms with Crippen molar-refractivity contribution in [2.45, 2.75) is 32.6 Å². The Kier molecular flexibility index (Phi) is 5.10. The number of nitrogens with one attached hydrogen (secondary N) is 1. The van der Waals surface area contributed by atoms with Crippen molar-refractivity contribution in [3.05, 3.63) is 35.4 Å². The summed E-state index contributed by atoms with van der Waals surface area (Å²) >= 11 is 0. The van der Waals surface area contributed by atoms with E-state index in [1.54, 1.807) is 32.9 Å². The van der Waals surface area contributed by atoms with Gasteiger partial charge < -0.3 is 5.11 Å². The quantitative estimate of drug-likeness (QED) is 0.856. The lowest BCUT2D eigenvalue weighted by Crippen LogP contribution is -2.49. The summed E-state index contributed by atoms with van der Waals surface area (Å²) < 4.78 is 26.5. The summed E-state index contributed by atoms with van der Waals surface area (Å²) in [4.78, 5) is 11.2. The van der Waals surface area contributed by atoms with Gasteiger partial charge in [-0.1, -0.05) is 39.0 Å². The number of rotatable bonds is 5. The van der Waals surface area contributed by atoms with Gasteiger partial charge in [-0.3, -0.25) is 4.79 Å². The van der Waals surface area contributed by atoms with E-state index < -0.39 is 33.2 Å². The molecule has 2 N–H and O–H groups in total. The van der Waals surface area contributed by atoms with Crippen LogP contribution in [0, 0.1) is 16.7 Å². The van der Waals surface area contributed by atoms with Crippen molar-refractivity contribution in [1.29, 1.82) is 5.26 Å². The van der Waals surface area contributed by atoms with Crippen LogP contribution in [0.4, 0.5) is 0 Å². The maximum Gasteiger partial charge on any atom is 0.322 e. The lowest BCUT2D eigenvalue weighted by atomic mass is 9.88. The van der Waals surface area contributed by atoms with Crippen LogP contribution in [-0.2, 0) is 20.6 Å². The van der Waals surface area contributed by atoms with Gasteiger partial charge in [0.2, 0.25) is 10.0 Å². The van der Waals surface area contributed by atoms with Crippen molar-refractivity contribution < 1.29 is 18.3 Å². The van der Waals surface area contributed by atoms with Crippen molar-refractivity contribution in [3.8, 4) is 6.07 Å². The summed E-state index contributed by atoms with van der Waals surface area (Å²) in [6.45, 7) is 4.91. The molecule has 0 amide bonds. The number of aliphatic carboxylic acids is 1. The zero-order chi connectivity index (χ0) is 16.3. The molecule has 0 aliphatic rings. The fraction of sp³-hybridized carbons (Fsp3) is 0.429. The average molecular weight is 310 g/mol. The van der Waals surface area contributed by atoms with E-state index in [0.717, 1.165) is 0 Å². The molecule has 1 aromatic carbocycles. The van der Waals surface area contributed by atoms with Gasteiger partial charge in [0.1, 0.15) is 6.04 Å². The Morgan fingerprint density at radius 2 is 1.95 bits per heavy atom.